The molecular weight excluding hydrogens is 254 g/mol. The van der Waals surface area contributed by atoms with Crippen molar-refractivity contribution < 1.29 is 9.53 Å². The summed E-state index contributed by atoms with van der Waals surface area (Å²) in [7, 11) is 0. The molecule has 1 aromatic carbocycles. The van der Waals surface area contributed by atoms with E-state index in [-0.39, 0.29) is 12.0 Å². The van der Waals surface area contributed by atoms with E-state index < -0.39 is 0 Å². The van der Waals surface area contributed by atoms with Gasteiger partial charge in [0.05, 0.1) is 17.4 Å². The molecule has 1 amide bonds. The van der Waals surface area contributed by atoms with Gasteiger partial charge >= 0.3 is 0 Å². The van der Waals surface area contributed by atoms with E-state index in [2.05, 4.69) is 17.7 Å². The number of amides is 1. The van der Waals surface area contributed by atoms with Crippen molar-refractivity contribution in [3.8, 4) is 0 Å². The zero-order valence-corrected chi connectivity index (χ0v) is 12.1. The van der Waals surface area contributed by atoms with Crippen LogP contribution in [0.15, 0.2) is 18.2 Å². The maximum absolute atomic E-state index is 12.3. The SMILES string of the molecule is CCC1OCCC1CNC(=O)c1cc(C)ccc1NN. The minimum absolute atomic E-state index is 0.0941. The third-order valence-electron chi connectivity index (χ3n) is 3.85. The Kier molecular flexibility index (Phi) is 4.98. The van der Waals surface area contributed by atoms with Gasteiger partial charge in [0.1, 0.15) is 0 Å². The quantitative estimate of drug-likeness (QED) is 0.567. The highest BCUT2D eigenvalue weighted by atomic mass is 16.5. The van der Waals surface area contributed by atoms with E-state index in [1.54, 1.807) is 0 Å². The van der Waals surface area contributed by atoms with E-state index in [1.807, 2.05) is 25.1 Å². The molecule has 0 saturated carbocycles. The molecule has 1 aliphatic heterocycles. The summed E-state index contributed by atoms with van der Waals surface area (Å²) in [5.41, 5.74) is 4.82. The van der Waals surface area contributed by atoms with Crippen molar-refractivity contribution in [2.24, 2.45) is 11.8 Å². The Bertz CT molecular complexity index is 476. The molecule has 2 atom stereocenters. The summed E-state index contributed by atoms with van der Waals surface area (Å²) < 4.78 is 5.63. The van der Waals surface area contributed by atoms with Gasteiger partial charge in [0, 0.05) is 19.1 Å². The average molecular weight is 277 g/mol. The summed E-state index contributed by atoms with van der Waals surface area (Å²) in [6.45, 7) is 5.51. The van der Waals surface area contributed by atoms with E-state index in [1.165, 1.54) is 0 Å². The molecule has 5 heteroatoms. The van der Waals surface area contributed by atoms with Crippen molar-refractivity contribution in [2.75, 3.05) is 18.6 Å². The number of hydrogen-bond acceptors (Lipinski definition) is 4. The normalized spacial score (nSPS) is 21.8. The van der Waals surface area contributed by atoms with E-state index in [0.29, 0.717) is 23.7 Å². The van der Waals surface area contributed by atoms with Gasteiger partial charge in [0.15, 0.2) is 0 Å². The first-order chi connectivity index (χ1) is 9.65. The molecule has 2 unspecified atom stereocenters. The van der Waals surface area contributed by atoms with E-state index in [4.69, 9.17) is 10.6 Å². The first-order valence-corrected chi connectivity index (χ1v) is 7.12. The smallest absolute Gasteiger partial charge is 0.253 e. The zero-order chi connectivity index (χ0) is 14.5. The van der Waals surface area contributed by atoms with Gasteiger partial charge in [-0.1, -0.05) is 18.6 Å². The second-order valence-corrected chi connectivity index (χ2v) is 5.27. The largest absolute Gasteiger partial charge is 0.378 e. The highest BCUT2D eigenvalue weighted by molar-refractivity contribution is 5.99. The van der Waals surface area contributed by atoms with Crippen LogP contribution in [0.4, 0.5) is 5.69 Å². The first-order valence-electron chi connectivity index (χ1n) is 7.12. The van der Waals surface area contributed by atoms with Crippen LogP contribution in [-0.4, -0.2) is 25.2 Å². The second kappa shape index (κ2) is 6.72. The molecule has 0 aliphatic carbocycles. The second-order valence-electron chi connectivity index (χ2n) is 5.27. The Balaban J connectivity index is 2.00. The monoisotopic (exact) mass is 277 g/mol. The third-order valence-corrected chi connectivity index (χ3v) is 3.85. The number of ether oxygens (including phenoxy) is 1. The van der Waals surface area contributed by atoms with Crippen LogP contribution in [0.1, 0.15) is 35.7 Å². The number of aryl methyl sites for hydroxylation is 1. The molecule has 0 radical (unpaired) electrons. The summed E-state index contributed by atoms with van der Waals surface area (Å²) >= 11 is 0. The number of nitrogens with two attached hydrogens (primary N) is 1. The molecule has 1 aromatic rings. The molecule has 20 heavy (non-hydrogen) atoms. The number of carbonyl (C=O) groups excluding carboxylic acids is 1. The van der Waals surface area contributed by atoms with Gasteiger partial charge in [0.2, 0.25) is 0 Å². The maximum atomic E-state index is 12.3. The van der Waals surface area contributed by atoms with Crippen LogP contribution in [0, 0.1) is 12.8 Å². The Hall–Kier alpha value is -1.59. The van der Waals surface area contributed by atoms with Crippen LogP contribution in [0.25, 0.3) is 0 Å². The molecule has 1 heterocycles. The highest BCUT2D eigenvalue weighted by Gasteiger charge is 2.27. The van der Waals surface area contributed by atoms with E-state index in [9.17, 15) is 4.79 Å². The molecule has 0 bridgehead atoms. The minimum atomic E-state index is -0.0941. The molecule has 2 rings (SSSR count). The lowest BCUT2D eigenvalue weighted by atomic mass is 9.99. The number of benzene rings is 1. The Morgan fingerprint density at radius 1 is 1.50 bits per heavy atom. The molecule has 5 nitrogen and oxygen atoms in total. The van der Waals surface area contributed by atoms with Gasteiger partial charge in [0.25, 0.3) is 5.91 Å². The Morgan fingerprint density at radius 2 is 2.30 bits per heavy atom. The van der Waals surface area contributed by atoms with Gasteiger partial charge in [-0.15, -0.1) is 0 Å². The van der Waals surface area contributed by atoms with Crippen molar-refractivity contribution in [1.82, 2.24) is 5.32 Å². The molecule has 110 valence electrons. The van der Waals surface area contributed by atoms with Crippen molar-refractivity contribution >= 4 is 11.6 Å². The summed E-state index contributed by atoms with van der Waals surface area (Å²) in [4.78, 5) is 12.3. The highest BCUT2D eigenvalue weighted by Crippen LogP contribution is 2.23. The van der Waals surface area contributed by atoms with Gasteiger partial charge in [-0.25, -0.2) is 0 Å². The van der Waals surface area contributed by atoms with Crippen LogP contribution >= 0.6 is 0 Å². The average Bonchev–Trinajstić information content (AvgIpc) is 2.92. The summed E-state index contributed by atoms with van der Waals surface area (Å²) in [6.07, 6.45) is 2.26. The summed E-state index contributed by atoms with van der Waals surface area (Å²) in [5.74, 6) is 5.76. The number of rotatable bonds is 5. The predicted molar refractivity (Wildman–Crippen MR) is 79.5 cm³/mol. The molecule has 1 fully saturated rings. The first kappa shape index (κ1) is 14.8. The molecular formula is C15H23N3O2. The fraction of sp³-hybridized carbons (Fsp3) is 0.533. The van der Waals surface area contributed by atoms with Gasteiger partial charge in [-0.05, 0) is 31.9 Å². The Labute approximate surface area is 119 Å². The Morgan fingerprint density at radius 3 is 3.00 bits per heavy atom. The van der Waals surface area contributed by atoms with Crippen LogP contribution in [-0.2, 0) is 4.74 Å². The fourth-order valence-electron chi connectivity index (χ4n) is 2.67. The van der Waals surface area contributed by atoms with E-state index in [0.717, 1.165) is 25.0 Å². The number of carbonyl (C=O) groups is 1. The van der Waals surface area contributed by atoms with Crippen LogP contribution < -0.4 is 16.6 Å². The van der Waals surface area contributed by atoms with Crippen LogP contribution in [0.3, 0.4) is 0 Å². The fourth-order valence-corrected chi connectivity index (χ4v) is 2.67. The van der Waals surface area contributed by atoms with Crippen molar-refractivity contribution in [1.29, 1.82) is 0 Å². The molecule has 1 aliphatic rings. The van der Waals surface area contributed by atoms with Crippen molar-refractivity contribution in [2.45, 2.75) is 32.8 Å². The lowest BCUT2D eigenvalue weighted by Gasteiger charge is -2.18. The third kappa shape index (κ3) is 3.29. The van der Waals surface area contributed by atoms with Crippen molar-refractivity contribution in [3.05, 3.63) is 29.3 Å². The zero-order valence-electron chi connectivity index (χ0n) is 12.1. The van der Waals surface area contributed by atoms with Gasteiger partial charge < -0.3 is 15.5 Å². The lowest BCUT2D eigenvalue weighted by molar-refractivity contribution is 0.0827. The van der Waals surface area contributed by atoms with Crippen LogP contribution in [0.2, 0.25) is 0 Å². The molecule has 0 aromatic heterocycles. The summed E-state index contributed by atoms with van der Waals surface area (Å²) in [5, 5.41) is 2.99. The van der Waals surface area contributed by atoms with Gasteiger partial charge in [-0.3, -0.25) is 10.6 Å². The number of hydrazine groups is 1. The summed E-state index contributed by atoms with van der Waals surface area (Å²) in [6, 6.07) is 5.58. The number of nitrogen functional groups attached to an aromatic ring is 1. The predicted octanol–water partition coefficient (Wildman–Crippen LogP) is 1.83. The van der Waals surface area contributed by atoms with Gasteiger partial charge in [-0.2, -0.15) is 0 Å². The number of hydrogen-bond donors (Lipinski definition) is 3. The number of nitrogens with one attached hydrogen (secondary N) is 2. The number of anilines is 1. The standard InChI is InChI=1S/C15H23N3O2/c1-3-14-11(6-7-20-14)9-17-15(19)12-8-10(2)4-5-13(12)18-16/h4-5,8,11,14,18H,3,6-7,9,16H2,1-2H3,(H,17,19). The van der Waals surface area contributed by atoms with E-state index >= 15 is 0 Å². The molecule has 0 spiro atoms. The molecule has 4 N–H and O–H groups in total. The van der Waals surface area contributed by atoms with Crippen molar-refractivity contribution in [3.63, 3.8) is 0 Å². The molecule has 1 saturated heterocycles. The lowest BCUT2D eigenvalue weighted by Crippen LogP contribution is -2.33. The van der Waals surface area contributed by atoms with Crippen LogP contribution in [0.5, 0.6) is 0 Å². The minimum Gasteiger partial charge on any atom is -0.378 e. The maximum Gasteiger partial charge on any atom is 0.253 e. The topological polar surface area (TPSA) is 76.4 Å².